The predicted molar refractivity (Wildman–Crippen MR) is 77.5 cm³/mol. The Bertz CT molecular complexity index is 526. The quantitative estimate of drug-likeness (QED) is 0.770. The van der Waals surface area contributed by atoms with Crippen molar-refractivity contribution in [3.63, 3.8) is 0 Å². The molecule has 0 radical (unpaired) electrons. The van der Waals surface area contributed by atoms with E-state index in [9.17, 15) is 9.59 Å². The fourth-order valence-corrected chi connectivity index (χ4v) is 1.70. The number of carboxylic acids is 1. The van der Waals surface area contributed by atoms with Crippen molar-refractivity contribution >= 4 is 11.9 Å². The van der Waals surface area contributed by atoms with Crippen LogP contribution in [0.5, 0.6) is 0 Å². The number of methoxy groups -OCH3 is 1. The number of nitrogens with zero attached hydrogens (tertiary/aromatic N) is 2. The number of hydrogen-bond acceptors (Lipinski definition) is 4. The molecule has 0 aliphatic rings. The number of carbonyl (C=O) groups is 2. The summed E-state index contributed by atoms with van der Waals surface area (Å²) in [5, 5.41) is 8.98. The van der Waals surface area contributed by atoms with Gasteiger partial charge in [0.05, 0.1) is 18.8 Å². The standard InChI is InChI=1S/C15H20N2O4/c1-11(12(2)15(19)20)14(18)17(8-9-21-3)10-13-6-4-5-7-16-13/h4-7H,8-10H2,1-3H3,(H,19,20). The molecule has 1 aromatic rings. The van der Waals surface area contributed by atoms with E-state index in [0.29, 0.717) is 19.7 Å². The summed E-state index contributed by atoms with van der Waals surface area (Å²) >= 11 is 0. The van der Waals surface area contributed by atoms with Crippen molar-refractivity contribution in [3.05, 3.63) is 41.2 Å². The van der Waals surface area contributed by atoms with Crippen LogP contribution >= 0.6 is 0 Å². The van der Waals surface area contributed by atoms with Gasteiger partial charge in [-0.25, -0.2) is 4.79 Å². The average molecular weight is 292 g/mol. The average Bonchev–Trinajstić information content (AvgIpc) is 2.50. The lowest BCUT2D eigenvalue weighted by Gasteiger charge is -2.23. The van der Waals surface area contributed by atoms with Crippen molar-refractivity contribution in [1.29, 1.82) is 0 Å². The molecule has 6 nitrogen and oxygen atoms in total. The Morgan fingerprint density at radius 3 is 2.52 bits per heavy atom. The van der Waals surface area contributed by atoms with Gasteiger partial charge in [0.15, 0.2) is 0 Å². The molecule has 0 spiro atoms. The summed E-state index contributed by atoms with van der Waals surface area (Å²) in [6.45, 7) is 4.00. The van der Waals surface area contributed by atoms with Gasteiger partial charge < -0.3 is 14.7 Å². The van der Waals surface area contributed by atoms with Crippen LogP contribution in [0.15, 0.2) is 35.5 Å². The highest BCUT2D eigenvalue weighted by atomic mass is 16.5. The van der Waals surface area contributed by atoms with Gasteiger partial charge in [-0.3, -0.25) is 9.78 Å². The molecule has 0 aliphatic heterocycles. The van der Waals surface area contributed by atoms with Crippen molar-refractivity contribution in [2.45, 2.75) is 20.4 Å². The monoisotopic (exact) mass is 292 g/mol. The van der Waals surface area contributed by atoms with Crippen molar-refractivity contribution in [3.8, 4) is 0 Å². The molecule has 21 heavy (non-hydrogen) atoms. The van der Waals surface area contributed by atoms with Crippen molar-refractivity contribution < 1.29 is 19.4 Å². The van der Waals surface area contributed by atoms with Crippen LogP contribution in [0.3, 0.4) is 0 Å². The number of carboxylic acid groups (broad SMARTS) is 1. The summed E-state index contributed by atoms with van der Waals surface area (Å²) < 4.78 is 5.00. The lowest BCUT2D eigenvalue weighted by atomic mass is 10.1. The largest absolute Gasteiger partial charge is 0.478 e. The Morgan fingerprint density at radius 1 is 1.29 bits per heavy atom. The number of rotatable bonds is 7. The first-order valence-corrected chi connectivity index (χ1v) is 6.56. The fraction of sp³-hybridized carbons (Fsp3) is 0.400. The lowest BCUT2D eigenvalue weighted by molar-refractivity contribution is -0.134. The summed E-state index contributed by atoms with van der Waals surface area (Å²) in [6.07, 6.45) is 1.65. The molecule has 0 aromatic carbocycles. The molecule has 1 N–H and O–H groups in total. The van der Waals surface area contributed by atoms with Gasteiger partial charge in [0, 0.05) is 31.0 Å². The second-order valence-electron chi connectivity index (χ2n) is 4.60. The van der Waals surface area contributed by atoms with Gasteiger partial charge in [0.2, 0.25) is 5.91 Å². The number of hydrogen-bond donors (Lipinski definition) is 1. The molecule has 1 heterocycles. The minimum Gasteiger partial charge on any atom is -0.478 e. The summed E-state index contributed by atoms with van der Waals surface area (Å²) in [5.74, 6) is -1.41. The van der Waals surface area contributed by atoms with Gasteiger partial charge >= 0.3 is 5.97 Å². The third kappa shape index (κ3) is 5.00. The number of aliphatic carboxylic acids is 1. The van der Waals surface area contributed by atoms with E-state index in [1.54, 1.807) is 19.4 Å². The Hall–Kier alpha value is -2.21. The van der Waals surface area contributed by atoms with Gasteiger partial charge in [-0.05, 0) is 26.0 Å². The number of carbonyl (C=O) groups excluding carboxylic acids is 1. The Kier molecular flexibility index (Phi) is 6.55. The van der Waals surface area contributed by atoms with E-state index in [1.165, 1.54) is 18.7 Å². The van der Waals surface area contributed by atoms with Crippen LogP contribution in [0, 0.1) is 0 Å². The normalized spacial score (nSPS) is 11.8. The minimum absolute atomic E-state index is 0.0448. The second-order valence-corrected chi connectivity index (χ2v) is 4.60. The van der Waals surface area contributed by atoms with E-state index < -0.39 is 5.97 Å². The third-order valence-electron chi connectivity index (χ3n) is 3.14. The Morgan fingerprint density at radius 2 is 2.00 bits per heavy atom. The number of ether oxygens (including phenoxy) is 1. The molecule has 1 rings (SSSR count). The minimum atomic E-state index is -1.09. The van der Waals surface area contributed by atoms with Gasteiger partial charge in [-0.2, -0.15) is 0 Å². The molecule has 1 amide bonds. The molecule has 0 saturated heterocycles. The molecule has 0 unspecified atom stereocenters. The molecule has 6 heteroatoms. The number of amides is 1. The van der Waals surface area contributed by atoms with Crippen molar-refractivity contribution in [2.24, 2.45) is 0 Å². The first-order chi connectivity index (χ1) is 9.97. The lowest BCUT2D eigenvalue weighted by Crippen LogP contribution is -2.35. The van der Waals surface area contributed by atoms with Crippen molar-refractivity contribution in [2.75, 3.05) is 20.3 Å². The number of aromatic nitrogens is 1. The van der Waals surface area contributed by atoms with Crippen LogP contribution in [-0.2, 0) is 20.9 Å². The van der Waals surface area contributed by atoms with E-state index in [1.807, 2.05) is 12.1 Å². The molecular formula is C15H20N2O4. The molecule has 0 bridgehead atoms. The van der Waals surface area contributed by atoms with E-state index in [0.717, 1.165) is 5.69 Å². The topological polar surface area (TPSA) is 79.7 Å². The van der Waals surface area contributed by atoms with E-state index >= 15 is 0 Å². The maximum Gasteiger partial charge on any atom is 0.331 e. The molecule has 0 fully saturated rings. The second kappa shape index (κ2) is 8.16. The zero-order chi connectivity index (χ0) is 15.8. The Balaban J connectivity index is 2.94. The maximum atomic E-state index is 12.4. The van der Waals surface area contributed by atoms with E-state index in [4.69, 9.17) is 9.84 Å². The molecule has 0 atom stereocenters. The molecular weight excluding hydrogens is 272 g/mol. The van der Waals surface area contributed by atoms with Gasteiger partial charge in [-0.1, -0.05) is 6.07 Å². The van der Waals surface area contributed by atoms with Gasteiger partial charge in [0.1, 0.15) is 0 Å². The van der Waals surface area contributed by atoms with Crippen LogP contribution in [0.25, 0.3) is 0 Å². The van der Waals surface area contributed by atoms with Gasteiger partial charge in [-0.15, -0.1) is 0 Å². The van der Waals surface area contributed by atoms with E-state index in [-0.39, 0.29) is 17.1 Å². The van der Waals surface area contributed by atoms with Crippen molar-refractivity contribution in [1.82, 2.24) is 9.88 Å². The zero-order valence-corrected chi connectivity index (χ0v) is 12.5. The third-order valence-corrected chi connectivity index (χ3v) is 3.14. The highest BCUT2D eigenvalue weighted by Crippen LogP contribution is 2.11. The molecule has 0 saturated carbocycles. The first-order valence-electron chi connectivity index (χ1n) is 6.56. The summed E-state index contributed by atoms with van der Waals surface area (Å²) in [7, 11) is 1.55. The molecule has 0 aliphatic carbocycles. The highest BCUT2D eigenvalue weighted by Gasteiger charge is 2.19. The highest BCUT2D eigenvalue weighted by molar-refractivity contribution is 6.01. The fourth-order valence-electron chi connectivity index (χ4n) is 1.70. The smallest absolute Gasteiger partial charge is 0.331 e. The molecule has 1 aromatic heterocycles. The predicted octanol–water partition coefficient (Wildman–Crippen LogP) is 1.48. The zero-order valence-electron chi connectivity index (χ0n) is 12.5. The van der Waals surface area contributed by atoms with Crippen LogP contribution < -0.4 is 0 Å². The SMILES string of the molecule is COCCN(Cc1ccccn1)C(=O)C(C)=C(C)C(=O)O. The van der Waals surface area contributed by atoms with Crippen LogP contribution in [-0.4, -0.2) is 47.1 Å². The summed E-state index contributed by atoms with van der Waals surface area (Å²) in [4.78, 5) is 29.1. The molecule has 114 valence electrons. The summed E-state index contributed by atoms with van der Waals surface area (Å²) in [5.41, 5.74) is 1.00. The summed E-state index contributed by atoms with van der Waals surface area (Å²) in [6, 6.07) is 5.45. The Labute approximate surface area is 124 Å². The van der Waals surface area contributed by atoms with E-state index in [2.05, 4.69) is 4.98 Å². The number of pyridine rings is 1. The van der Waals surface area contributed by atoms with Crippen LogP contribution in [0.4, 0.5) is 0 Å². The maximum absolute atomic E-state index is 12.4. The van der Waals surface area contributed by atoms with Crippen LogP contribution in [0.1, 0.15) is 19.5 Å². The van der Waals surface area contributed by atoms with Crippen LogP contribution in [0.2, 0.25) is 0 Å². The van der Waals surface area contributed by atoms with Gasteiger partial charge in [0.25, 0.3) is 0 Å². The first kappa shape index (κ1) is 16.8.